The van der Waals surface area contributed by atoms with Crippen LogP contribution >= 0.6 is 12.2 Å². The Bertz CT molecular complexity index is 1730. The van der Waals surface area contributed by atoms with Crippen molar-refractivity contribution in [3.05, 3.63) is 107 Å². The van der Waals surface area contributed by atoms with E-state index in [-0.39, 0.29) is 12.5 Å². The number of amides is 1. The predicted molar refractivity (Wildman–Crippen MR) is 173 cm³/mol. The molecular formula is C35H34N2O5S. The van der Waals surface area contributed by atoms with Crippen LogP contribution in [0.4, 0.5) is 11.4 Å². The summed E-state index contributed by atoms with van der Waals surface area (Å²) in [4.78, 5) is 28.0. The molecule has 0 saturated heterocycles. The number of hydrogen-bond acceptors (Lipinski definition) is 7. The number of ether oxygens (including phenoxy) is 3. The molecule has 0 aromatic heterocycles. The van der Waals surface area contributed by atoms with Crippen LogP contribution in [0.1, 0.15) is 46.5 Å². The Labute approximate surface area is 257 Å². The standard InChI is InChI=1S/C35H34N2O5S/c1-21-11-13-23(14-12-21)32(38)41-20-28-26(17-18-29-31(28)37(5)34(39)35(3,4)36-29)27-16-15-24(19-30(27)40-6)42-33(43)25-10-8-7-9-22(25)2/h7-19,36H,20H2,1-6H3. The summed E-state index contributed by atoms with van der Waals surface area (Å²) in [5.41, 5.74) is 6.12. The first-order valence-electron chi connectivity index (χ1n) is 13.9. The summed E-state index contributed by atoms with van der Waals surface area (Å²) in [7, 11) is 3.32. The Morgan fingerprint density at radius 1 is 0.953 bits per heavy atom. The number of methoxy groups -OCH3 is 1. The zero-order valence-corrected chi connectivity index (χ0v) is 25.9. The maximum Gasteiger partial charge on any atom is 0.338 e. The average molecular weight is 595 g/mol. The molecule has 0 fully saturated rings. The molecule has 8 heteroatoms. The molecule has 0 bridgehead atoms. The minimum absolute atomic E-state index is 0.0658. The fraction of sp³-hybridized carbons (Fsp3) is 0.229. The van der Waals surface area contributed by atoms with Crippen LogP contribution in [-0.4, -0.2) is 36.6 Å². The number of nitrogens with zero attached hydrogens (tertiary/aromatic N) is 1. The van der Waals surface area contributed by atoms with Crippen molar-refractivity contribution < 1.29 is 23.8 Å². The molecule has 0 aliphatic carbocycles. The molecule has 1 aliphatic heterocycles. The van der Waals surface area contributed by atoms with Crippen LogP contribution in [0.2, 0.25) is 0 Å². The predicted octanol–water partition coefficient (Wildman–Crippen LogP) is 7.26. The van der Waals surface area contributed by atoms with E-state index in [9.17, 15) is 9.59 Å². The smallest absolute Gasteiger partial charge is 0.338 e. The van der Waals surface area contributed by atoms with Crippen LogP contribution in [-0.2, 0) is 16.1 Å². The lowest BCUT2D eigenvalue weighted by Gasteiger charge is -2.39. The van der Waals surface area contributed by atoms with Gasteiger partial charge < -0.3 is 24.4 Å². The van der Waals surface area contributed by atoms with E-state index in [1.807, 2.05) is 88.4 Å². The second-order valence-electron chi connectivity index (χ2n) is 11.1. The SMILES string of the molecule is COc1cc(OC(=S)c2ccccc2C)ccc1-c1ccc2c(c1COC(=O)c1ccc(C)cc1)N(C)C(=O)C(C)(C)N2. The summed E-state index contributed by atoms with van der Waals surface area (Å²) in [6.07, 6.45) is 0. The van der Waals surface area contributed by atoms with Gasteiger partial charge in [0, 0.05) is 29.8 Å². The number of carbonyl (C=O) groups excluding carboxylic acids is 2. The topological polar surface area (TPSA) is 77.1 Å². The third kappa shape index (κ3) is 5.96. The van der Waals surface area contributed by atoms with Crippen molar-refractivity contribution in [1.29, 1.82) is 0 Å². The summed E-state index contributed by atoms with van der Waals surface area (Å²) < 4.78 is 17.7. The highest BCUT2D eigenvalue weighted by molar-refractivity contribution is 7.80. The molecule has 1 amide bonds. The van der Waals surface area contributed by atoms with Gasteiger partial charge in [0.1, 0.15) is 23.6 Å². The van der Waals surface area contributed by atoms with E-state index in [0.717, 1.165) is 33.5 Å². The Kier molecular flexibility index (Phi) is 8.24. The van der Waals surface area contributed by atoms with E-state index >= 15 is 0 Å². The van der Waals surface area contributed by atoms with Crippen LogP contribution in [0.3, 0.4) is 0 Å². The number of fused-ring (bicyclic) bond motifs is 1. The molecule has 1 aliphatic rings. The molecule has 0 saturated carbocycles. The van der Waals surface area contributed by atoms with Crippen LogP contribution in [0.25, 0.3) is 11.1 Å². The van der Waals surface area contributed by atoms with Gasteiger partial charge in [0.2, 0.25) is 0 Å². The van der Waals surface area contributed by atoms with E-state index in [0.29, 0.717) is 33.4 Å². The molecule has 0 unspecified atom stereocenters. The van der Waals surface area contributed by atoms with Crippen molar-refractivity contribution in [3.8, 4) is 22.6 Å². The number of thiocarbonyl (C=S) groups is 1. The van der Waals surface area contributed by atoms with Crippen LogP contribution in [0.15, 0.2) is 78.9 Å². The third-order valence-electron chi connectivity index (χ3n) is 7.58. The summed E-state index contributed by atoms with van der Waals surface area (Å²) in [5, 5.41) is 3.70. The van der Waals surface area contributed by atoms with Gasteiger partial charge in [-0.1, -0.05) is 48.0 Å². The van der Waals surface area contributed by atoms with Crippen molar-refractivity contribution in [2.75, 3.05) is 24.4 Å². The van der Waals surface area contributed by atoms with Gasteiger partial charge in [-0.25, -0.2) is 4.79 Å². The maximum absolute atomic E-state index is 13.3. The van der Waals surface area contributed by atoms with E-state index in [4.69, 9.17) is 26.4 Å². The number of benzene rings is 4. The summed E-state index contributed by atoms with van der Waals surface area (Å²) >= 11 is 5.58. The zero-order chi connectivity index (χ0) is 30.9. The van der Waals surface area contributed by atoms with Crippen molar-refractivity contribution >= 4 is 40.5 Å². The Morgan fingerprint density at radius 2 is 1.65 bits per heavy atom. The molecule has 220 valence electrons. The minimum Gasteiger partial charge on any atom is -0.496 e. The fourth-order valence-electron chi connectivity index (χ4n) is 5.26. The van der Waals surface area contributed by atoms with Crippen molar-refractivity contribution in [2.24, 2.45) is 0 Å². The molecule has 0 atom stereocenters. The number of anilines is 2. The largest absolute Gasteiger partial charge is 0.496 e. The fourth-order valence-corrected chi connectivity index (χ4v) is 5.59. The number of esters is 1. The van der Waals surface area contributed by atoms with Gasteiger partial charge in [-0.05, 0) is 81.4 Å². The van der Waals surface area contributed by atoms with E-state index < -0.39 is 11.5 Å². The van der Waals surface area contributed by atoms with Crippen molar-refractivity contribution in [2.45, 2.75) is 39.8 Å². The van der Waals surface area contributed by atoms with Gasteiger partial charge in [-0.15, -0.1) is 0 Å². The van der Waals surface area contributed by atoms with Gasteiger partial charge in [0.15, 0.2) is 5.05 Å². The summed E-state index contributed by atoms with van der Waals surface area (Å²) in [6, 6.07) is 24.3. The van der Waals surface area contributed by atoms with Gasteiger partial charge in [0.25, 0.3) is 5.91 Å². The van der Waals surface area contributed by atoms with Gasteiger partial charge in [0.05, 0.1) is 24.0 Å². The Hall–Kier alpha value is -4.69. The highest BCUT2D eigenvalue weighted by atomic mass is 32.1. The van der Waals surface area contributed by atoms with Crippen molar-refractivity contribution in [3.63, 3.8) is 0 Å². The first-order chi connectivity index (χ1) is 20.5. The number of nitrogens with one attached hydrogen (secondary N) is 1. The molecule has 43 heavy (non-hydrogen) atoms. The minimum atomic E-state index is -0.800. The number of rotatable bonds is 7. The second kappa shape index (κ2) is 11.9. The lowest BCUT2D eigenvalue weighted by Crippen LogP contribution is -2.52. The van der Waals surface area contributed by atoms with E-state index in [2.05, 4.69) is 5.32 Å². The second-order valence-corrected chi connectivity index (χ2v) is 11.5. The lowest BCUT2D eigenvalue weighted by molar-refractivity contribution is -0.121. The van der Waals surface area contributed by atoms with Crippen LogP contribution in [0, 0.1) is 13.8 Å². The first kappa shape index (κ1) is 29.8. The summed E-state index contributed by atoms with van der Waals surface area (Å²) in [5.74, 6) is 0.495. The maximum atomic E-state index is 13.3. The lowest BCUT2D eigenvalue weighted by atomic mass is 9.91. The number of likely N-dealkylation sites (N-methyl/N-ethyl adjacent to an activating group) is 1. The normalized spacial score (nSPS) is 13.5. The third-order valence-corrected chi connectivity index (χ3v) is 7.88. The molecular weight excluding hydrogens is 560 g/mol. The molecule has 1 N–H and O–H groups in total. The number of hydrogen-bond donors (Lipinski definition) is 1. The van der Waals surface area contributed by atoms with Gasteiger partial charge >= 0.3 is 5.97 Å². The van der Waals surface area contributed by atoms with E-state index in [1.165, 1.54) is 0 Å². The van der Waals surface area contributed by atoms with Gasteiger partial charge in [-0.2, -0.15) is 0 Å². The average Bonchev–Trinajstić information content (AvgIpc) is 2.99. The molecule has 4 aromatic carbocycles. The molecule has 4 aromatic rings. The summed E-state index contributed by atoms with van der Waals surface area (Å²) in [6.45, 7) is 7.55. The molecule has 5 rings (SSSR count). The quantitative estimate of drug-likeness (QED) is 0.178. The molecule has 0 spiro atoms. The highest BCUT2D eigenvalue weighted by Crippen LogP contribution is 2.45. The number of carbonyl (C=O) groups is 2. The number of aryl methyl sites for hydroxylation is 2. The molecule has 0 radical (unpaired) electrons. The highest BCUT2D eigenvalue weighted by Gasteiger charge is 2.39. The Morgan fingerprint density at radius 3 is 2.35 bits per heavy atom. The van der Waals surface area contributed by atoms with Crippen LogP contribution in [0.5, 0.6) is 11.5 Å². The van der Waals surface area contributed by atoms with Crippen molar-refractivity contribution in [1.82, 2.24) is 0 Å². The van der Waals surface area contributed by atoms with E-state index in [1.54, 1.807) is 37.3 Å². The molecule has 1 heterocycles. The van der Waals surface area contributed by atoms with Crippen LogP contribution < -0.4 is 19.7 Å². The molecule has 7 nitrogen and oxygen atoms in total. The monoisotopic (exact) mass is 594 g/mol. The van der Waals surface area contributed by atoms with Gasteiger partial charge in [-0.3, -0.25) is 4.79 Å². The Balaban J connectivity index is 1.55. The first-order valence-corrected chi connectivity index (χ1v) is 14.3. The zero-order valence-electron chi connectivity index (χ0n) is 25.1.